The molecule has 0 spiro atoms. The minimum absolute atomic E-state index is 0.0782. The van der Waals surface area contributed by atoms with Crippen molar-refractivity contribution in [3.8, 4) is 5.69 Å². The fourth-order valence-corrected chi connectivity index (χ4v) is 1.84. The van der Waals surface area contributed by atoms with Gasteiger partial charge in [0.05, 0.1) is 17.6 Å². The largest absolute Gasteiger partial charge is 0.478 e. The van der Waals surface area contributed by atoms with Gasteiger partial charge in [0, 0.05) is 12.1 Å². The Morgan fingerprint density at radius 2 is 2.15 bits per heavy atom. The van der Waals surface area contributed by atoms with E-state index in [9.17, 15) is 9.59 Å². The van der Waals surface area contributed by atoms with E-state index in [4.69, 9.17) is 5.11 Å². The molecule has 0 unspecified atom stereocenters. The number of nitrogens with zero attached hydrogens (tertiary/aromatic N) is 2. The minimum atomic E-state index is -1.01. The number of amides is 1. The Kier molecular flexibility index (Phi) is 3.84. The Bertz CT molecular complexity index is 661. The molecule has 0 radical (unpaired) electrons. The van der Waals surface area contributed by atoms with Crippen LogP contribution in [0.15, 0.2) is 30.5 Å². The number of hydrogen-bond acceptors (Lipinski definition) is 3. The third-order valence-corrected chi connectivity index (χ3v) is 2.94. The quantitative estimate of drug-likeness (QED) is 0.894. The number of hydrogen-bond donors (Lipinski definition) is 2. The Labute approximate surface area is 116 Å². The van der Waals surface area contributed by atoms with Gasteiger partial charge in [-0.3, -0.25) is 4.79 Å². The predicted octanol–water partition coefficient (Wildman–Crippen LogP) is 2.23. The molecule has 6 heteroatoms. The summed E-state index contributed by atoms with van der Waals surface area (Å²) in [4.78, 5) is 22.4. The smallest absolute Gasteiger partial charge is 0.339 e. The van der Waals surface area contributed by atoms with Gasteiger partial charge in [-0.05, 0) is 25.1 Å². The highest BCUT2D eigenvalue weighted by atomic mass is 16.4. The molecule has 2 N–H and O–H groups in total. The normalized spacial score (nSPS) is 10.3. The van der Waals surface area contributed by atoms with Crippen LogP contribution < -0.4 is 5.32 Å². The van der Waals surface area contributed by atoms with E-state index in [-0.39, 0.29) is 11.5 Å². The molecule has 6 nitrogen and oxygen atoms in total. The van der Waals surface area contributed by atoms with Gasteiger partial charge in [0.25, 0.3) is 0 Å². The van der Waals surface area contributed by atoms with Crippen molar-refractivity contribution in [3.05, 3.63) is 41.7 Å². The van der Waals surface area contributed by atoms with Gasteiger partial charge < -0.3 is 10.4 Å². The van der Waals surface area contributed by atoms with Crippen molar-refractivity contribution in [3.63, 3.8) is 0 Å². The first kappa shape index (κ1) is 13.8. The van der Waals surface area contributed by atoms with Gasteiger partial charge in [0.15, 0.2) is 0 Å². The van der Waals surface area contributed by atoms with Crippen LogP contribution in [-0.4, -0.2) is 26.8 Å². The Morgan fingerprint density at radius 1 is 1.40 bits per heavy atom. The van der Waals surface area contributed by atoms with Crippen molar-refractivity contribution in [1.29, 1.82) is 0 Å². The summed E-state index contributed by atoms with van der Waals surface area (Å²) in [5.41, 5.74) is 2.05. The van der Waals surface area contributed by atoms with Gasteiger partial charge in [0.2, 0.25) is 5.91 Å². The van der Waals surface area contributed by atoms with E-state index in [1.54, 1.807) is 38.1 Å². The number of carboxylic acids is 1. The highest BCUT2D eigenvalue weighted by Crippen LogP contribution is 2.18. The number of aromatic nitrogens is 2. The lowest BCUT2D eigenvalue weighted by Crippen LogP contribution is -2.10. The second-order valence-electron chi connectivity index (χ2n) is 4.31. The first-order chi connectivity index (χ1) is 9.52. The van der Waals surface area contributed by atoms with Crippen LogP contribution in [0.4, 0.5) is 5.69 Å². The Balaban J connectivity index is 2.36. The van der Waals surface area contributed by atoms with Gasteiger partial charge in [-0.2, -0.15) is 5.10 Å². The van der Waals surface area contributed by atoms with Gasteiger partial charge in [-0.15, -0.1) is 0 Å². The summed E-state index contributed by atoms with van der Waals surface area (Å²) < 4.78 is 1.53. The molecule has 20 heavy (non-hydrogen) atoms. The van der Waals surface area contributed by atoms with Crippen molar-refractivity contribution < 1.29 is 14.7 Å². The fraction of sp³-hybridized carbons (Fsp3) is 0.214. The third kappa shape index (κ3) is 2.69. The Morgan fingerprint density at radius 3 is 2.75 bits per heavy atom. The van der Waals surface area contributed by atoms with E-state index < -0.39 is 5.97 Å². The number of nitrogens with one attached hydrogen (secondary N) is 1. The van der Waals surface area contributed by atoms with Crippen LogP contribution in [0.1, 0.15) is 29.4 Å². The molecule has 0 fully saturated rings. The van der Waals surface area contributed by atoms with E-state index in [1.807, 2.05) is 0 Å². The molecule has 2 rings (SSSR count). The van der Waals surface area contributed by atoms with E-state index in [2.05, 4.69) is 10.4 Å². The van der Waals surface area contributed by atoms with Gasteiger partial charge in [-0.25, -0.2) is 9.48 Å². The summed E-state index contributed by atoms with van der Waals surface area (Å²) >= 11 is 0. The van der Waals surface area contributed by atoms with Crippen LogP contribution in [0.5, 0.6) is 0 Å². The third-order valence-electron chi connectivity index (χ3n) is 2.94. The zero-order chi connectivity index (χ0) is 14.7. The molecule has 0 atom stereocenters. The maximum atomic E-state index is 11.4. The van der Waals surface area contributed by atoms with Crippen LogP contribution in [0, 0.1) is 6.92 Å². The van der Waals surface area contributed by atoms with E-state index in [0.717, 1.165) is 0 Å². The van der Waals surface area contributed by atoms with Gasteiger partial charge >= 0.3 is 5.97 Å². The fourth-order valence-electron chi connectivity index (χ4n) is 1.84. The lowest BCUT2D eigenvalue weighted by atomic mass is 10.2. The molecule has 2 aromatic rings. The standard InChI is InChI=1S/C14H15N3O3/c1-3-13(18)16-10-5-4-6-11(7-10)17-9(2)12(8-15-17)14(19)20/h4-8H,3H2,1-2H3,(H,16,18)(H,19,20). The highest BCUT2D eigenvalue weighted by molar-refractivity contribution is 5.91. The van der Waals surface area contributed by atoms with Crippen LogP contribution in [-0.2, 0) is 4.79 Å². The second-order valence-corrected chi connectivity index (χ2v) is 4.31. The maximum Gasteiger partial charge on any atom is 0.339 e. The van der Waals surface area contributed by atoms with Crippen molar-refractivity contribution >= 4 is 17.6 Å². The number of carbonyl (C=O) groups excluding carboxylic acids is 1. The van der Waals surface area contributed by atoms with Crippen molar-refractivity contribution in [1.82, 2.24) is 9.78 Å². The molecule has 1 heterocycles. The molecule has 0 aliphatic carbocycles. The van der Waals surface area contributed by atoms with Crippen LogP contribution in [0.25, 0.3) is 5.69 Å². The molecular formula is C14H15N3O3. The molecule has 1 amide bonds. The van der Waals surface area contributed by atoms with E-state index >= 15 is 0 Å². The lowest BCUT2D eigenvalue weighted by Gasteiger charge is -2.08. The lowest BCUT2D eigenvalue weighted by molar-refractivity contribution is -0.115. The number of benzene rings is 1. The molecule has 0 aliphatic rings. The summed E-state index contributed by atoms with van der Waals surface area (Å²) in [6.45, 7) is 3.46. The number of carboxylic acid groups (broad SMARTS) is 1. The summed E-state index contributed by atoms with van der Waals surface area (Å²) in [5, 5.41) is 15.8. The number of rotatable bonds is 4. The number of anilines is 1. The van der Waals surface area contributed by atoms with Crippen molar-refractivity contribution in [2.24, 2.45) is 0 Å². The summed E-state index contributed by atoms with van der Waals surface area (Å²) in [5.74, 6) is -1.09. The summed E-state index contributed by atoms with van der Waals surface area (Å²) in [6, 6.07) is 7.10. The predicted molar refractivity (Wildman–Crippen MR) is 74.2 cm³/mol. The summed E-state index contributed by atoms with van der Waals surface area (Å²) in [7, 11) is 0. The molecule has 0 bridgehead atoms. The molecule has 1 aromatic carbocycles. The minimum Gasteiger partial charge on any atom is -0.478 e. The monoisotopic (exact) mass is 273 g/mol. The number of aromatic carboxylic acids is 1. The molecule has 0 saturated heterocycles. The molecule has 0 saturated carbocycles. The van der Waals surface area contributed by atoms with Crippen LogP contribution in [0.2, 0.25) is 0 Å². The first-order valence-corrected chi connectivity index (χ1v) is 6.21. The Hall–Kier alpha value is -2.63. The van der Waals surface area contributed by atoms with Gasteiger partial charge in [0.1, 0.15) is 5.56 Å². The average molecular weight is 273 g/mol. The molecule has 1 aromatic heterocycles. The van der Waals surface area contributed by atoms with E-state index in [1.165, 1.54) is 10.9 Å². The van der Waals surface area contributed by atoms with Crippen molar-refractivity contribution in [2.75, 3.05) is 5.32 Å². The summed E-state index contributed by atoms with van der Waals surface area (Å²) in [6.07, 6.45) is 1.71. The SMILES string of the molecule is CCC(=O)Nc1cccc(-n2ncc(C(=O)O)c2C)c1. The van der Waals surface area contributed by atoms with E-state index in [0.29, 0.717) is 23.5 Å². The van der Waals surface area contributed by atoms with Crippen LogP contribution >= 0.6 is 0 Å². The average Bonchev–Trinajstić information content (AvgIpc) is 2.81. The van der Waals surface area contributed by atoms with Crippen molar-refractivity contribution in [2.45, 2.75) is 20.3 Å². The highest BCUT2D eigenvalue weighted by Gasteiger charge is 2.14. The number of carbonyl (C=O) groups is 2. The maximum absolute atomic E-state index is 11.4. The molecule has 0 aliphatic heterocycles. The van der Waals surface area contributed by atoms with Gasteiger partial charge in [-0.1, -0.05) is 13.0 Å². The first-order valence-electron chi connectivity index (χ1n) is 6.21. The second kappa shape index (κ2) is 5.56. The van der Waals surface area contributed by atoms with Crippen LogP contribution in [0.3, 0.4) is 0 Å². The zero-order valence-electron chi connectivity index (χ0n) is 11.3. The molecule has 104 valence electrons. The zero-order valence-corrected chi connectivity index (χ0v) is 11.3. The molecular weight excluding hydrogens is 258 g/mol. The topological polar surface area (TPSA) is 84.2 Å².